The van der Waals surface area contributed by atoms with Gasteiger partial charge in [0.1, 0.15) is 0 Å². The largest absolute Gasteiger partial charge is 0.294 e. The molecule has 0 aliphatic rings. The Hall–Kier alpha value is -1.67. The van der Waals surface area contributed by atoms with Crippen molar-refractivity contribution in [2.75, 3.05) is 0 Å². The third-order valence-corrected chi connectivity index (χ3v) is 4.04. The average Bonchev–Trinajstić information content (AvgIpc) is 2.73. The van der Waals surface area contributed by atoms with Crippen LogP contribution in [-0.2, 0) is 0 Å². The Labute approximate surface area is 97.3 Å². The number of Topliss-reactive ketones (excluding diaryl/α,β-unsaturated/α-hetero) is 1. The monoisotopic (exact) mass is 226 g/mol. The lowest BCUT2D eigenvalue weighted by molar-refractivity contribution is 0.102. The van der Waals surface area contributed by atoms with Gasteiger partial charge in [-0.05, 0) is 29.1 Å². The lowest BCUT2D eigenvalue weighted by Gasteiger charge is -1.97. The van der Waals surface area contributed by atoms with Gasteiger partial charge in [-0.25, -0.2) is 0 Å². The van der Waals surface area contributed by atoms with Crippen LogP contribution in [0.5, 0.6) is 0 Å². The van der Waals surface area contributed by atoms with E-state index < -0.39 is 0 Å². The van der Waals surface area contributed by atoms with Crippen LogP contribution in [0.1, 0.15) is 16.6 Å². The van der Waals surface area contributed by atoms with Gasteiger partial charge in [-0.3, -0.25) is 4.79 Å². The normalized spacial score (nSPS) is 11.1. The van der Waals surface area contributed by atoms with E-state index in [1.807, 2.05) is 18.2 Å². The molecule has 16 heavy (non-hydrogen) atoms. The van der Waals surface area contributed by atoms with Gasteiger partial charge in [-0.15, -0.1) is 11.3 Å². The minimum Gasteiger partial charge on any atom is -0.294 e. The van der Waals surface area contributed by atoms with E-state index in [9.17, 15) is 4.79 Å². The van der Waals surface area contributed by atoms with Crippen molar-refractivity contribution in [3.63, 3.8) is 0 Å². The molecule has 0 saturated carbocycles. The van der Waals surface area contributed by atoms with Gasteiger partial charge in [0, 0.05) is 4.70 Å². The van der Waals surface area contributed by atoms with Crippen LogP contribution < -0.4 is 0 Å². The summed E-state index contributed by atoms with van der Waals surface area (Å²) in [7, 11) is 0. The summed E-state index contributed by atoms with van der Waals surface area (Å²) in [6.07, 6.45) is 0. The van der Waals surface area contributed by atoms with Crippen molar-refractivity contribution >= 4 is 38.0 Å². The van der Waals surface area contributed by atoms with Crippen LogP contribution >= 0.6 is 11.3 Å². The first-order valence-corrected chi connectivity index (χ1v) is 5.99. The Kier molecular flexibility index (Phi) is 2.04. The number of carbonyl (C=O) groups is 1. The molecule has 0 spiro atoms. The fourth-order valence-corrected chi connectivity index (χ4v) is 3.03. The van der Waals surface area contributed by atoms with Gasteiger partial charge in [-0.1, -0.05) is 36.4 Å². The van der Waals surface area contributed by atoms with E-state index >= 15 is 0 Å². The predicted octanol–water partition coefficient (Wildman–Crippen LogP) is 4.26. The van der Waals surface area contributed by atoms with Crippen LogP contribution in [0.3, 0.4) is 0 Å². The summed E-state index contributed by atoms with van der Waals surface area (Å²) in [6.45, 7) is 1.62. The highest BCUT2D eigenvalue weighted by molar-refractivity contribution is 7.21. The molecular formula is C14H10OS. The molecule has 3 rings (SSSR count). The molecule has 0 unspecified atom stereocenters. The number of rotatable bonds is 1. The van der Waals surface area contributed by atoms with Gasteiger partial charge >= 0.3 is 0 Å². The maximum Gasteiger partial charge on any atom is 0.169 e. The summed E-state index contributed by atoms with van der Waals surface area (Å²) in [5.41, 5.74) is 0. The van der Waals surface area contributed by atoms with Crippen molar-refractivity contribution in [2.24, 2.45) is 0 Å². The highest BCUT2D eigenvalue weighted by Crippen LogP contribution is 2.32. The Morgan fingerprint density at radius 3 is 2.62 bits per heavy atom. The smallest absolute Gasteiger partial charge is 0.169 e. The van der Waals surface area contributed by atoms with Crippen molar-refractivity contribution < 1.29 is 4.79 Å². The number of carbonyl (C=O) groups excluding carboxylic acids is 1. The lowest BCUT2D eigenvalue weighted by atomic mass is 10.1. The summed E-state index contributed by atoms with van der Waals surface area (Å²) >= 11 is 1.59. The van der Waals surface area contributed by atoms with E-state index in [1.165, 1.54) is 15.5 Å². The van der Waals surface area contributed by atoms with E-state index in [0.29, 0.717) is 0 Å². The molecule has 1 aromatic heterocycles. The number of ketones is 1. The molecular weight excluding hydrogens is 216 g/mol. The maximum atomic E-state index is 11.4. The molecule has 0 saturated heterocycles. The van der Waals surface area contributed by atoms with Crippen molar-refractivity contribution in [2.45, 2.75) is 6.92 Å². The number of fused-ring (bicyclic) bond motifs is 3. The minimum atomic E-state index is 0.144. The first-order valence-electron chi connectivity index (χ1n) is 5.18. The van der Waals surface area contributed by atoms with Crippen LogP contribution in [0.4, 0.5) is 0 Å². The van der Waals surface area contributed by atoms with Crippen molar-refractivity contribution in [1.82, 2.24) is 0 Å². The molecule has 0 fully saturated rings. The zero-order valence-electron chi connectivity index (χ0n) is 8.86. The third-order valence-electron chi connectivity index (χ3n) is 2.76. The highest BCUT2D eigenvalue weighted by atomic mass is 32.1. The van der Waals surface area contributed by atoms with Crippen LogP contribution in [-0.4, -0.2) is 5.78 Å². The molecule has 2 heteroatoms. The number of hydrogen-bond donors (Lipinski definition) is 0. The molecule has 0 radical (unpaired) electrons. The predicted molar refractivity (Wildman–Crippen MR) is 69.3 cm³/mol. The van der Waals surface area contributed by atoms with Crippen molar-refractivity contribution in [1.29, 1.82) is 0 Å². The number of hydrogen-bond acceptors (Lipinski definition) is 2. The summed E-state index contributed by atoms with van der Waals surface area (Å²) in [5.74, 6) is 0.144. The van der Waals surface area contributed by atoms with E-state index in [1.54, 1.807) is 18.3 Å². The van der Waals surface area contributed by atoms with E-state index in [4.69, 9.17) is 0 Å². The summed E-state index contributed by atoms with van der Waals surface area (Å²) < 4.78 is 1.21. The maximum absolute atomic E-state index is 11.4. The Balaban J connectivity index is 2.46. The first kappa shape index (κ1) is 9.55. The molecule has 1 heterocycles. The zero-order valence-corrected chi connectivity index (χ0v) is 9.67. The fraction of sp³-hybridized carbons (Fsp3) is 0.0714. The molecule has 0 aliphatic carbocycles. The summed E-state index contributed by atoms with van der Waals surface area (Å²) in [4.78, 5) is 12.2. The van der Waals surface area contributed by atoms with Crippen molar-refractivity contribution in [3.05, 3.63) is 47.3 Å². The van der Waals surface area contributed by atoms with Gasteiger partial charge < -0.3 is 0 Å². The van der Waals surface area contributed by atoms with Crippen molar-refractivity contribution in [3.8, 4) is 0 Å². The number of benzene rings is 2. The van der Waals surface area contributed by atoms with E-state index in [-0.39, 0.29) is 5.78 Å². The molecule has 0 aliphatic heterocycles. The molecule has 0 N–H and O–H groups in total. The minimum absolute atomic E-state index is 0.144. The standard InChI is InChI=1S/C14H10OS/c1-9(15)13-8-11-7-6-10-4-2-3-5-12(10)14(11)16-13/h2-8H,1H3. The zero-order chi connectivity index (χ0) is 11.1. The average molecular weight is 226 g/mol. The number of thiophene rings is 1. The Morgan fingerprint density at radius 1 is 1.06 bits per heavy atom. The van der Waals surface area contributed by atoms with E-state index in [2.05, 4.69) is 24.3 Å². The van der Waals surface area contributed by atoms with Gasteiger partial charge in [0.05, 0.1) is 4.88 Å². The molecule has 2 aromatic carbocycles. The second kappa shape index (κ2) is 3.42. The second-order valence-electron chi connectivity index (χ2n) is 3.87. The third kappa shape index (κ3) is 1.34. The van der Waals surface area contributed by atoms with Gasteiger partial charge in [0.25, 0.3) is 0 Å². The topological polar surface area (TPSA) is 17.1 Å². The molecule has 0 atom stereocenters. The molecule has 3 aromatic rings. The first-order chi connectivity index (χ1) is 7.75. The van der Waals surface area contributed by atoms with Gasteiger partial charge in [0.2, 0.25) is 0 Å². The fourth-order valence-electron chi connectivity index (χ4n) is 1.94. The quantitative estimate of drug-likeness (QED) is 0.567. The summed E-state index contributed by atoms with van der Waals surface area (Å²) in [5, 5.41) is 3.62. The van der Waals surface area contributed by atoms with Crippen LogP contribution in [0.25, 0.3) is 20.9 Å². The lowest BCUT2D eigenvalue weighted by Crippen LogP contribution is -1.83. The molecule has 78 valence electrons. The van der Waals surface area contributed by atoms with Crippen LogP contribution in [0.15, 0.2) is 42.5 Å². The SMILES string of the molecule is CC(=O)c1cc2ccc3ccccc3c2s1. The van der Waals surface area contributed by atoms with Crippen LogP contribution in [0, 0.1) is 0 Å². The Bertz CT molecular complexity index is 694. The van der Waals surface area contributed by atoms with Gasteiger partial charge in [-0.2, -0.15) is 0 Å². The Morgan fingerprint density at radius 2 is 1.81 bits per heavy atom. The second-order valence-corrected chi connectivity index (χ2v) is 4.92. The van der Waals surface area contributed by atoms with Gasteiger partial charge in [0.15, 0.2) is 5.78 Å². The van der Waals surface area contributed by atoms with Crippen LogP contribution in [0.2, 0.25) is 0 Å². The highest BCUT2D eigenvalue weighted by Gasteiger charge is 2.07. The molecule has 1 nitrogen and oxygen atoms in total. The summed E-state index contributed by atoms with van der Waals surface area (Å²) in [6, 6.07) is 14.5. The molecule has 0 bridgehead atoms. The molecule has 0 amide bonds. The van der Waals surface area contributed by atoms with E-state index in [0.717, 1.165) is 10.3 Å².